The number of hydrogen-bond acceptors (Lipinski definition) is 3. The van der Waals surface area contributed by atoms with Crippen LogP contribution in [0.15, 0.2) is 29.6 Å². The van der Waals surface area contributed by atoms with Crippen molar-refractivity contribution in [3.63, 3.8) is 0 Å². The molecule has 0 aliphatic rings. The predicted molar refractivity (Wildman–Crippen MR) is 76.2 cm³/mol. The molecular formula is C12H14Cl2N2S. The van der Waals surface area contributed by atoms with Crippen LogP contribution in [-0.2, 0) is 6.42 Å². The smallest absolute Gasteiger partial charge is 0.0972 e. The van der Waals surface area contributed by atoms with Crippen molar-refractivity contribution in [1.82, 2.24) is 4.98 Å². The van der Waals surface area contributed by atoms with Crippen molar-refractivity contribution in [1.29, 1.82) is 0 Å². The number of benzene rings is 1. The molecule has 0 saturated heterocycles. The fourth-order valence-corrected chi connectivity index (χ4v) is 2.58. The van der Waals surface area contributed by atoms with E-state index in [1.165, 1.54) is 5.56 Å². The van der Waals surface area contributed by atoms with Crippen LogP contribution in [0.5, 0.6) is 0 Å². The minimum Gasteiger partial charge on any atom is -0.323 e. The Kier molecular flexibility index (Phi) is 5.40. The Labute approximate surface area is 116 Å². The molecule has 92 valence electrons. The van der Waals surface area contributed by atoms with E-state index in [0.29, 0.717) is 0 Å². The first-order valence-corrected chi connectivity index (χ1v) is 6.35. The Hall–Kier alpha value is -0.610. The molecule has 0 radical (unpaired) electrons. The summed E-state index contributed by atoms with van der Waals surface area (Å²) < 4.78 is 0. The summed E-state index contributed by atoms with van der Waals surface area (Å²) in [5.74, 6) is 0. The second-order valence-corrected chi connectivity index (χ2v) is 5.14. The molecule has 1 heterocycles. The van der Waals surface area contributed by atoms with Crippen LogP contribution in [0, 0.1) is 0 Å². The number of halogens is 2. The second kappa shape index (κ2) is 6.36. The number of nitrogens with zero attached hydrogens (tertiary/aromatic N) is 1. The van der Waals surface area contributed by atoms with Gasteiger partial charge in [0.25, 0.3) is 0 Å². The maximum Gasteiger partial charge on any atom is 0.0972 e. The summed E-state index contributed by atoms with van der Waals surface area (Å²) in [4.78, 5) is 4.49. The lowest BCUT2D eigenvalue weighted by molar-refractivity contribution is 0.784. The fraction of sp³-hybridized carbons (Fsp3) is 0.250. The summed E-state index contributed by atoms with van der Waals surface area (Å²) in [6.07, 6.45) is 0.817. The molecule has 2 rings (SSSR count). The van der Waals surface area contributed by atoms with Crippen LogP contribution in [0.1, 0.15) is 29.2 Å². The summed E-state index contributed by atoms with van der Waals surface area (Å²) >= 11 is 7.57. The summed E-state index contributed by atoms with van der Waals surface area (Å²) in [5, 5.41) is 3.86. The highest BCUT2D eigenvalue weighted by atomic mass is 35.5. The van der Waals surface area contributed by atoms with E-state index in [9.17, 15) is 0 Å². The molecule has 0 saturated carbocycles. The average Bonchev–Trinajstić information content (AvgIpc) is 2.66. The van der Waals surface area contributed by atoms with Crippen LogP contribution in [0.3, 0.4) is 0 Å². The van der Waals surface area contributed by atoms with Gasteiger partial charge in [0.15, 0.2) is 0 Å². The Morgan fingerprint density at radius 1 is 1.47 bits per heavy atom. The van der Waals surface area contributed by atoms with E-state index < -0.39 is 0 Å². The number of nitrogens with two attached hydrogens (primary N) is 1. The average molecular weight is 289 g/mol. The molecule has 1 aromatic heterocycles. The van der Waals surface area contributed by atoms with Crippen molar-refractivity contribution in [3.8, 4) is 0 Å². The zero-order valence-electron chi connectivity index (χ0n) is 9.39. The Balaban J connectivity index is 0.00000144. The number of thiazole rings is 1. The van der Waals surface area contributed by atoms with Gasteiger partial charge < -0.3 is 5.73 Å². The Morgan fingerprint density at radius 3 is 2.82 bits per heavy atom. The molecule has 17 heavy (non-hydrogen) atoms. The standard InChI is InChI=1S/C12H13ClN2S.ClH/c1-8(14)11-7-16-12(15-11)6-9-3-2-4-10(13)5-9;/h2-5,7-8H,6,14H2,1H3;1H. The highest BCUT2D eigenvalue weighted by Crippen LogP contribution is 2.19. The molecule has 2 N–H and O–H groups in total. The monoisotopic (exact) mass is 288 g/mol. The lowest BCUT2D eigenvalue weighted by atomic mass is 10.2. The molecular weight excluding hydrogens is 275 g/mol. The third-order valence-corrected chi connectivity index (χ3v) is 3.38. The lowest BCUT2D eigenvalue weighted by Crippen LogP contribution is -2.05. The van der Waals surface area contributed by atoms with E-state index in [0.717, 1.165) is 22.1 Å². The van der Waals surface area contributed by atoms with Crippen LogP contribution in [0.25, 0.3) is 0 Å². The number of hydrogen-bond donors (Lipinski definition) is 1. The van der Waals surface area contributed by atoms with E-state index in [1.54, 1.807) is 11.3 Å². The number of aromatic nitrogens is 1. The number of rotatable bonds is 3. The first kappa shape index (κ1) is 14.5. The SMILES string of the molecule is CC(N)c1csc(Cc2cccc(Cl)c2)n1.Cl. The van der Waals surface area contributed by atoms with E-state index >= 15 is 0 Å². The third-order valence-electron chi connectivity index (χ3n) is 2.28. The van der Waals surface area contributed by atoms with Crippen LogP contribution in [-0.4, -0.2) is 4.98 Å². The summed E-state index contributed by atoms with van der Waals surface area (Å²) in [6, 6.07) is 7.86. The van der Waals surface area contributed by atoms with E-state index in [4.69, 9.17) is 17.3 Å². The predicted octanol–water partition coefficient (Wildman–Crippen LogP) is 3.83. The largest absolute Gasteiger partial charge is 0.323 e. The highest BCUT2D eigenvalue weighted by molar-refractivity contribution is 7.09. The molecule has 2 nitrogen and oxygen atoms in total. The quantitative estimate of drug-likeness (QED) is 0.932. The summed E-state index contributed by atoms with van der Waals surface area (Å²) in [5.41, 5.74) is 7.91. The minimum atomic E-state index is 0. The van der Waals surface area contributed by atoms with Gasteiger partial charge in [0.1, 0.15) is 0 Å². The van der Waals surface area contributed by atoms with Crippen molar-refractivity contribution >= 4 is 35.3 Å². The van der Waals surface area contributed by atoms with Crippen LogP contribution < -0.4 is 5.73 Å². The van der Waals surface area contributed by atoms with E-state index in [2.05, 4.69) is 11.1 Å². The third kappa shape index (κ3) is 3.96. The van der Waals surface area contributed by atoms with Gasteiger partial charge in [-0.2, -0.15) is 0 Å². The van der Waals surface area contributed by atoms with Crippen molar-refractivity contribution in [2.45, 2.75) is 19.4 Å². The molecule has 5 heteroatoms. The van der Waals surface area contributed by atoms with Crippen LogP contribution in [0.2, 0.25) is 5.02 Å². The lowest BCUT2D eigenvalue weighted by Gasteiger charge is -1.99. The summed E-state index contributed by atoms with van der Waals surface area (Å²) in [7, 11) is 0. The zero-order valence-corrected chi connectivity index (χ0v) is 11.8. The molecule has 0 amide bonds. The molecule has 0 aliphatic carbocycles. The van der Waals surface area contributed by atoms with Gasteiger partial charge in [-0.1, -0.05) is 23.7 Å². The minimum absolute atomic E-state index is 0. The van der Waals surface area contributed by atoms with Crippen LogP contribution in [0.4, 0.5) is 0 Å². The van der Waals surface area contributed by atoms with Gasteiger partial charge in [0.05, 0.1) is 10.7 Å². The van der Waals surface area contributed by atoms with Crippen molar-refractivity contribution in [2.75, 3.05) is 0 Å². The fourth-order valence-electron chi connectivity index (χ4n) is 1.44. The Bertz CT molecular complexity index is 483. The van der Waals surface area contributed by atoms with Crippen molar-refractivity contribution in [2.24, 2.45) is 5.73 Å². The molecule has 1 aromatic carbocycles. The molecule has 1 atom stereocenters. The van der Waals surface area contributed by atoms with Gasteiger partial charge in [0.2, 0.25) is 0 Å². The van der Waals surface area contributed by atoms with Gasteiger partial charge in [-0.3, -0.25) is 0 Å². The molecule has 1 unspecified atom stereocenters. The molecule has 0 aliphatic heterocycles. The van der Waals surface area contributed by atoms with Crippen LogP contribution >= 0.6 is 35.3 Å². The second-order valence-electron chi connectivity index (χ2n) is 3.76. The summed E-state index contributed by atoms with van der Waals surface area (Å²) in [6.45, 7) is 1.94. The molecule has 2 aromatic rings. The maximum absolute atomic E-state index is 5.93. The maximum atomic E-state index is 5.93. The van der Waals surface area contributed by atoms with Crippen molar-refractivity contribution < 1.29 is 0 Å². The Morgan fingerprint density at radius 2 is 2.24 bits per heavy atom. The molecule has 0 fully saturated rings. The van der Waals surface area contributed by atoms with E-state index in [1.807, 2.05) is 30.5 Å². The van der Waals surface area contributed by atoms with Gasteiger partial charge >= 0.3 is 0 Å². The van der Waals surface area contributed by atoms with Crippen molar-refractivity contribution in [3.05, 3.63) is 50.9 Å². The first-order chi connectivity index (χ1) is 7.65. The molecule has 0 spiro atoms. The first-order valence-electron chi connectivity index (χ1n) is 5.09. The van der Waals surface area contributed by atoms with E-state index in [-0.39, 0.29) is 18.4 Å². The van der Waals surface area contributed by atoms with Gasteiger partial charge in [-0.15, -0.1) is 23.7 Å². The molecule has 0 bridgehead atoms. The van der Waals surface area contributed by atoms with Gasteiger partial charge in [-0.25, -0.2) is 4.98 Å². The zero-order chi connectivity index (χ0) is 11.5. The highest BCUT2D eigenvalue weighted by Gasteiger charge is 2.06. The normalized spacial score (nSPS) is 11.9. The van der Waals surface area contributed by atoms with Gasteiger partial charge in [0, 0.05) is 22.9 Å². The topological polar surface area (TPSA) is 38.9 Å². The van der Waals surface area contributed by atoms with Gasteiger partial charge in [-0.05, 0) is 24.6 Å².